The van der Waals surface area contributed by atoms with Gasteiger partial charge in [0.05, 0.1) is 6.61 Å². The van der Waals surface area contributed by atoms with Crippen LogP contribution in [0.15, 0.2) is 0 Å². The Morgan fingerprint density at radius 3 is 2.22 bits per heavy atom. The highest BCUT2D eigenvalue weighted by molar-refractivity contribution is 5.69. The third-order valence-electron chi connectivity index (χ3n) is 2.16. The SMILES string of the molecule is O=C(O)CCCCC(=O)OCCCOCCCO. The quantitative estimate of drug-likeness (QED) is 0.402. The monoisotopic (exact) mass is 262 g/mol. The van der Waals surface area contributed by atoms with E-state index in [2.05, 4.69) is 0 Å². The maximum Gasteiger partial charge on any atom is 0.305 e. The fourth-order valence-corrected chi connectivity index (χ4v) is 1.23. The first kappa shape index (κ1) is 16.9. The molecular formula is C12H22O6. The van der Waals surface area contributed by atoms with Crippen LogP contribution in [0.25, 0.3) is 0 Å². The molecule has 6 nitrogen and oxygen atoms in total. The van der Waals surface area contributed by atoms with Crippen molar-refractivity contribution in [3.05, 3.63) is 0 Å². The number of rotatable bonds is 12. The van der Waals surface area contributed by atoms with Gasteiger partial charge in [-0.25, -0.2) is 0 Å². The van der Waals surface area contributed by atoms with Gasteiger partial charge >= 0.3 is 11.9 Å². The lowest BCUT2D eigenvalue weighted by molar-refractivity contribution is -0.144. The molecule has 0 aliphatic rings. The first-order valence-electron chi connectivity index (χ1n) is 6.23. The van der Waals surface area contributed by atoms with Crippen molar-refractivity contribution >= 4 is 11.9 Å². The number of aliphatic hydroxyl groups is 1. The number of carboxylic acids is 1. The lowest BCUT2D eigenvalue weighted by Gasteiger charge is -2.05. The molecule has 0 unspecified atom stereocenters. The maximum absolute atomic E-state index is 11.2. The Morgan fingerprint density at radius 2 is 1.56 bits per heavy atom. The van der Waals surface area contributed by atoms with Crippen LogP contribution in [0.4, 0.5) is 0 Å². The van der Waals surface area contributed by atoms with Crippen molar-refractivity contribution in [3.63, 3.8) is 0 Å². The minimum absolute atomic E-state index is 0.0893. The van der Waals surface area contributed by atoms with Crippen LogP contribution >= 0.6 is 0 Å². The summed E-state index contributed by atoms with van der Waals surface area (Å²) in [5.74, 6) is -1.14. The summed E-state index contributed by atoms with van der Waals surface area (Å²) in [5.41, 5.74) is 0. The standard InChI is InChI=1S/C12H22O6/c13-7-3-8-17-9-4-10-18-12(16)6-2-1-5-11(14)15/h13H,1-10H2,(H,14,15). The smallest absolute Gasteiger partial charge is 0.305 e. The summed E-state index contributed by atoms with van der Waals surface area (Å²) in [7, 11) is 0. The van der Waals surface area contributed by atoms with E-state index in [1.165, 1.54) is 0 Å². The zero-order chi connectivity index (χ0) is 13.6. The number of aliphatic hydroxyl groups excluding tert-OH is 1. The van der Waals surface area contributed by atoms with E-state index in [1.807, 2.05) is 0 Å². The van der Waals surface area contributed by atoms with Gasteiger partial charge in [-0.2, -0.15) is 0 Å². The van der Waals surface area contributed by atoms with Crippen molar-refractivity contribution in [1.29, 1.82) is 0 Å². The number of hydrogen-bond acceptors (Lipinski definition) is 5. The molecule has 6 heteroatoms. The maximum atomic E-state index is 11.2. The lowest BCUT2D eigenvalue weighted by Crippen LogP contribution is -2.08. The summed E-state index contributed by atoms with van der Waals surface area (Å²) >= 11 is 0. The van der Waals surface area contributed by atoms with Gasteiger partial charge < -0.3 is 19.7 Å². The van der Waals surface area contributed by atoms with E-state index in [0.717, 1.165) is 0 Å². The second-order valence-corrected chi connectivity index (χ2v) is 3.86. The summed E-state index contributed by atoms with van der Waals surface area (Å²) in [4.78, 5) is 21.4. The summed E-state index contributed by atoms with van der Waals surface area (Å²) < 4.78 is 10.1. The molecule has 0 saturated carbocycles. The number of carbonyl (C=O) groups is 2. The molecule has 0 atom stereocenters. The third-order valence-corrected chi connectivity index (χ3v) is 2.16. The molecule has 0 radical (unpaired) electrons. The second kappa shape index (κ2) is 12.3. The van der Waals surface area contributed by atoms with Gasteiger partial charge in [0.1, 0.15) is 0 Å². The molecule has 0 aromatic rings. The highest BCUT2D eigenvalue weighted by Gasteiger charge is 2.03. The predicted molar refractivity (Wildman–Crippen MR) is 64.2 cm³/mol. The van der Waals surface area contributed by atoms with Crippen molar-refractivity contribution in [2.75, 3.05) is 26.4 Å². The zero-order valence-corrected chi connectivity index (χ0v) is 10.6. The summed E-state index contributed by atoms with van der Waals surface area (Å²) in [5, 5.41) is 16.9. The molecule has 0 spiro atoms. The zero-order valence-electron chi connectivity index (χ0n) is 10.6. The lowest BCUT2D eigenvalue weighted by atomic mass is 10.2. The van der Waals surface area contributed by atoms with Crippen LogP contribution in [-0.4, -0.2) is 48.6 Å². The number of carboxylic acid groups (broad SMARTS) is 1. The first-order valence-corrected chi connectivity index (χ1v) is 6.23. The highest BCUT2D eigenvalue weighted by atomic mass is 16.5. The Bertz CT molecular complexity index is 229. The minimum Gasteiger partial charge on any atom is -0.481 e. The molecule has 0 amide bonds. The predicted octanol–water partition coefficient (Wildman–Crippen LogP) is 0.964. The molecule has 0 rings (SSSR count). The van der Waals surface area contributed by atoms with Gasteiger partial charge in [-0.3, -0.25) is 9.59 Å². The average molecular weight is 262 g/mol. The average Bonchev–Trinajstić information content (AvgIpc) is 2.33. The number of carbonyl (C=O) groups excluding carboxylic acids is 1. The van der Waals surface area contributed by atoms with Crippen molar-refractivity contribution in [1.82, 2.24) is 0 Å². The molecule has 0 aromatic heterocycles. The van der Waals surface area contributed by atoms with E-state index in [9.17, 15) is 9.59 Å². The van der Waals surface area contributed by atoms with E-state index in [0.29, 0.717) is 45.5 Å². The molecule has 0 heterocycles. The van der Waals surface area contributed by atoms with Gasteiger partial charge in [-0.15, -0.1) is 0 Å². The highest BCUT2D eigenvalue weighted by Crippen LogP contribution is 2.01. The molecule has 106 valence electrons. The third kappa shape index (κ3) is 12.9. The fraction of sp³-hybridized carbons (Fsp3) is 0.833. The van der Waals surface area contributed by atoms with E-state index < -0.39 is 5.97 Å². The largest absolute Gasteiger partial charge is 0.481 e. The fourth-order valence-electron chi connectivity index (χ4n) is 1.23. The van der Waals surface area contributed by atoms with Crippen LogP contribution in [0, 0.1) is 0 Å². The number of hydrogen-bond donors (Lipinski definition) is 2. The van der Waals surface area contributed by atoms with Crippen LogP contribution in [-0.2, 0) is 19.1 Å². The number of aliphatic carboxylic acids is 1. The molecular weight excluding hydrogens is 240 g/mol. The minimum atomic E-state index is -0.844. The van der Waals surface area contributed by atoms with Crippen LogP contribution in [0.5, 0.6) is 0 Å². The Morgan fingerprint density at radius 1 is 0.889 bits per heavy atom. The van der Waals surface area contributed by atoms with Crippen molar-refractivity contribution in [2.24, 2.45) is 0 Å². The van der Waals surface area contributed by atoms with Crippen molar-refractivity contribution in [2.45, 2.75) is 38.5 Å². The number of unbranched alkanes of at least 4 members (excludes halogenated alkanes) is 1. The van der Waals surface area contributed by atoms with Gasteiger partial charge in [0, 0.05) is 39.1 Å². The molecule has 0 aliphatic heterocycles. The molecule has 0 aromatic carbocycles. The van der Waals surface area contributed by atoms with Crippen molar-refractivity contribution < 1.29 is 29.3 Å². The summed E-state index contributed by atoms with van der Waals surface area (Å²) in [6.07, 6.45) is 2.63. The topological polar surface area (TPSA) is 93.1 Å². The number of ether oxygens (including phenoxy) is 2. The normalized spacial score (nSPS) is 10.3. The van der Waals surface area contributed by atoms with Gasteiger partial charge in [0.2, 0.25) is 0 Å². The molecule has 0 saturated heterocycles. The van der Waals surface area contributed by atoms with Gasteiger partial charge in [-0.05, 0) is 19.3 Å². The summed E-state index contributed by atoms with van der Waals surface area (Å²) in [6, 6.07) is 0. The Balaban J connectivity index is 3.19. The van der Waals surface area contributed by atoms with Gasteiger partial charge in [0.25, 0.3) is 0 Å². The van der Waals surface area contributed by atoms with E-state index in [1.54, 1.807) is 0 Å². The molecule has 18 heavy (non-hydrogen) atoms. The molecule has 0 bridgehead atoms. The van der Waals surface area contributed by atoms with Crippen LogP contribution < -0.4 is 0 Å². The van der Waals surface area contributed by atoms with Crippen molar-refractivity contribution in [3.8, 4) is 0 Å². The molecule has 2 N–H and O–H groups in total. The summed E-state index contributed by atoms with van der Waals surface area (Å²) in [6.45, 7) is 1.45. The van der Waals surface area contributed by atoms with E-state index in [4.69, 9.17) is 19.7 Å². The molecule has 0 fully saturated rings. The Hall–Kier alpha value is -1.14. The Kier molecular flexibility index (Phi) is 11.5. The number of esters is 1. The molecule has 0 aliphatic carbocycles. The first-order chi connectivity index (χ1) is 8.66. The van der Waals surface area contributed by atoms with Crippen LogP contribution in [0.1, 0.15) is 38.5 Å². The Labute approximate surface area is 107 Å². The van der Waals surface area contributed by atoms with Crippen LogP contribution in [0.3, 0.4) is 0 Å². The van der Waals surface area contributed by atoms with E-state index >= 15 is 0 Å². The van der Waals surface area contributed by atoms with Gasteiger partial charge in [0.15, 0.2) is 0 Å². The van der Waals surface area contributed by atoms with E-state index in [-0.39, 0.29) is 25.4 Å². The van der Waals surface area contributed by atoms with Crippen LogP contribution in [0.2, 0.25) is 0 Å². The second-order valence-electron chi connectivity index (χ2n) is 3.86. The van der Waals surface area contributed by atoms with Gasteiger partial charge in [-0.1, -0.05) is 0 Å².